The Hall–Kier alpha value is -2.92. The second kappa shape index (κ2) is 7.54. The van der Waals surface area contributed by atoms with Gasteiger partial charge in [-0.25, -0.2) is 4.98 Å². The normalized spacial score (nSPS) is 16.9. The number of carbonyl (C=O) groups excluding carboxylic acids is 1. The molecule has 0 saturated carbocycles. The molecule has 1 unspecified atom stereocenters. The monoisotopic (exact) mass is 356 g/mol. The molecule has 0 N–H and O–H groups in total. The lowest BCUT2D eigenvalue weighted by atomic mass is 10.1. The van der Waals surface area contributed by atoms with Crippen molar-refractivity contribution in [2.45, 2.75) is 13.0 Å². The maximum Gasteiger partial charge on any atom is 0.260 e. The SMILES string of the molecule is COCCN1CC(Cn2ccc3nc(OC)c(C#N)cc3c2=O)CC1=O. The van der Waals surface area contributed by atoms with Crippen LogP contribution in [0.3, 0.4) is 0 Å². The van der Waals surface area contributed by atoms with Crippen molar-refractivity contribution in [3.8, 4) is 11.9 Å². The van der Waals surface area contributed by atoms with Crippen LogP contribution in [0.15, 0.2) is 23.1 Å². The molecule has 136 valence electrons. The van der Waals surface area contributed by atoms with Crippen LogP contribution in [0.4, 0.5) is 0 Å². The first kappa shape index (κ1) is 17.9. The molecule has 8 heteroatoms. The van der Waals surface area contributed by atoms with E-state index >= 15 is 0 Å². The molecule has 0 spiro atoms. The number of likely N-dealkylation sites (tertiary alicyclic amines) is 1. The van der Waals surface area contributed by atoms with Crippen molar-refractivity contribution < 1.29 is 14.3 Å². The van der Waals surface area contributed by atoms with E-state index in [9.17, 15) is 14.9 Å². The van der Waals surface area contributed by atoms with Crippen LogP contribution < -0.4 is 10.3 Å². The molecule has 1 aliphatic rings. The van der Waals surface area contributed by atoms with Crippen molar-refractivity contribution in [3.05, 3.63) is 34.2 Å². The summed E-state index contributed by atoms with van der Waals surface area (Å²) in [6, 6.07) is 5.22. The van der Waals surface area contributed by atoms with Gasteiger partial charge in [0.15, 0.2) is 0 Å². The highest BCUT2D eigenvalue weighted by Crippen LogP contribution is 2.21. The van der Waals surface area contributed by atoms with Crippen LogP contribution in [-0.2, 0) is 16.1 Å². The highest BCUT2D eigenvalue weighted by atomic mass is 16.5. The number of fused-ring (bicyclic) bond motifs is 1. The summed E-state index contributed by atoms with van der Waals surface area (Å²) in [7, 11) is 3.04. The molecule has 0 aromatic carbocycles. The predicted octanol–water partition coefficient (Wildman–Crippen LogP) is 0.772. The Morgan fingerprint density at radius 3 is 2.88 bits per heavy atom. The van der Waals surface area contributed by atoms with Crippen LogP contribution in [0.5, 0.6) is 5.88 Å². The zero-order valence-corrected chi connectivity index (χ0v) is 14.8. The Labute approximate surface area is 150 Å². The van der Waals surface area contributed by atoms with Crippen molar-refractivity contribution in [1.82, 2.24) is 14.5 Å². The number of ether oxygens (including phenoxy) is 2. The Morgan fingerprint density at radius 1 is 1.38 bits per heavy atom. The number of rotatable bonds is 6. The van der Waals surface area contributed by atoms with Crippen molar-refractivity contribution in [2.75, 3.05) is 33.9 Å². The van der Waals surface area contributed by atoms with Crippen LogP contribution in [0, 0.1) is 17.2 Å². The van der Waals surface area contributed by atoms with E-state index < -0.39 is 0 Å². The summed E-state index contributed by atoms with van der Waals surface area (Å²) in [6.45, 7) is 2.11. The fourth-order valence-electron chi connectivity index (χ4n) is 3.24. The number of methoxy groups -OCH3 is 2. The molecule has 2 aromatic rings. The van der Waals surface area contributed by atoms with Gasteiger partial charge in [-0.2, -0.15) is 5.26 Å². The lowest BCUT2D eigenvalue weighted by Crippen LogP contribution is -2.30. The lowest BCUT2D eigenvalue weighted by molar-refractivity contribution is -0.128. The maximum atomic E-state index is 12.8. The molecule has 1 aliphatic heterocycles. The molecule has 0 aliphatic carbocycles. The fraction of sp³-hybridized carbons (Fsp3) is 0.444. The first-order chi connectivity index (χ1) is 12.6. The third kappa shape index (κ3) is 3.39. The zero-order valence-electron chi connectivity index (χ0n) is 14.8. The minimum Gasteiger partial charge on any atom is -0.480 e. The number of nitrogens with zero attached hydrogens (tertiary/aromatic N) is 4. The van der Waals surface area contributed by atoms with Gasteiger partial charge in [-0.05, 0) is 12.1 Å². The van der Waals surface area contributed by atoms with Crippen molar-refractivity contribution in [1.29, 1.82) is 5.26 Å². The number of nitriles is 1. The van der Waals surface area contributed by atoms with Gasteiger partial charge in [0, 0.05) is 45.3 Å². The smallest absolute Gasteiger partial charge is 0.260 e. The summed E-state index contributed by atoms with van der Waals surface area (Å²) in [4.78, 5) is 30.8. The summed E-state index contributed by atoms with van der Waals surface area (Å²) >= 11 is 0. The van der Waals surface area contributed by atoms with Gasteiger partial charge in [0.1, 0.15) is 11.6 Å². The third-order valence-corrected chi connectivity index (χ3v) is 4.55. The number of amides is 1. The van der Waals surface area contributed by atoms with Crippen LogP contribution in [0.25, 0.3) is 10.9 Å². The van der Waals surface area contributed by atoms with E-state index in [1.54, 1.807) is 28.8 Å². The molecular weight excluding hydrogens is 336 g/mol. The summed E-state index contributed by atoms with van der Waals surface area (Å²) in [5.74, 6) is 0.350. The zero-order chi connectivity index (χ0) is 18.7. The van der Waals surface area contributed by atoms with Gasteiger partial charge in [0.05, 0.1) is 24.6 Å². The van der Waals surface area contributed by atoms with Gasteiger partial charge in [-0.15, -0.1) is 0 Å². The van der Waals surface area contributed by atoms with E-state index in [1.165, 1.54) is 13.2 Å². The van der Waals surface area contributed by atoms with Crippen molar-refractivity contribution in [2.24, 2.45) is 5.92 Å². The van der Waals surface area contributed by atoms with E-state index in [0.29, 0.717) is 43.6 Å². The maximum absolute atomic E-state index is 12.8. The molecule has 3 heterocycles. The van der Waals surface area contributed by atoms with E-state index in [2.05, 4.69) is 4.98 Å². The van der Waals surface area contributed by atoms with Crippen molar-refractivity contribution >= 4 is 16.8 Å². The van der Waals surface area contributed by atoms with Crippen LogP contribution >= 0.6 is 0 Å². The molecule has 1 saturated heterocycles. The lowest BCUT2D eigenvalue weighted by Gasteiger charge is -2.16. The summed E-state index contributed by atoms with van der Waals surface area (Å²) < 4.78 is 11.7. The molecule has 2 aromatic heterocycles. The Morgan fingerprint density at radius 2 is 2.19 bits per heavy atom. The number of hydrogen-bond acceptors (Lipinski definition) is 6. The van der Waals surface area contributed by atoms with Gasteiger partial charge in [-0.3, -0.25) is 9.59 Å². The van der Waals surface area contributed by atoms with Gasteiger partial charge in [-0.1, -0.05) is 0 Å². The molecule has 8 nitrogen and oxygen atoms in total. The van der Waals surface area contributed by atoms with E-state index in [0.717, 1.165) is 0 Å². The number of carbonyl (C=O) groups is 1. The Balaban J connectivity index is 1.85. The van der Waals surface area contributed by atoms with Crippen LogP contribution in [-0.4, -0.2) is 54.3 Å². The van der Waals surface area contributed by atoms with Gasteiger partial charge < -0.3 is 18.9 Å². The first-order valence-corrected chi connectivity index (χ1v) is 8.32. The average molecular weight is 356 g/mol. The molecule has 0 radical (unpaired) electrons. The summed E-state index contributed by atoms with van der Waals surface area (Å²) in [5, 5.41) is 9.56. The van der Waals surface area contributed by atoms with E-state index in [-0.39, 0.29) is 28.8 Å². The number of hydrogen-bond donors (Lipinski definition) is 0. The molecule has 3 rings (SSSR count). The van der Waals surface area contributed by atoms with Crippen LogP contribution in [0.1, 0.15) is 12.0 Å². The van der Waals surface area contributed by atoms with Gasteiger partial charge in [0.2, 0.25) is 11.8 Å². The number of aromatic nitrogens is 2. The van der Waals surface area contributed by atoms with Gasteiger partial charge in [0.25, 0.3) is 5.56 Å². The Kier molecular flexibility index (Phi) is 5.19. The second-order valence-electron chi connectivity index (χ2n) is 6.27. The molecular formula is C18H20N4O4. The van der Waals surface area contributed by atoms with E-state index in [4.69, 9.17) is 9.47 Å². The minimum absolute atomic E-state index is 0.0659. The number of pyridine rings is 2. The average Bonchev–Trinajstić information content (AvgIpc) is 3.00. The quantitative estimate of drug-likeness (QED) is 0.758. The summed E-state index contributed by atoms with van der Waals surface area (Å²) in [6.07, 6.45) is 2.09. The predicted molar refractivity (Wildman–Crippen MR) is 93.8 cm³/mol. The van der Waals surface area contributed by atoms with Crippen molar-refractivity contribution in [3.63, 3.8) is 0 Å². The summed E-state index contributed by atoms with van der Waals surface area (Å²) in [5.41, 5.74) is 0.472. The highest BCUT2D eigenvalue weighted by Gasteiger charge is 2.29. The Bertz CT molecular complexity index is 931. The minimum atomic E-state index is -0.225. The third-order valence-electron chi connectivity index (χ3n) is 4.55. The molecule has 1 amide bonds. The topological polar surface area (TPSA) is 97.4 Å². The standard InChI is InChI=1S/C18H20N4O4/c1-25-6-5-21-10-12(7-16(21)23)11-22-4-3-15-14(18(22)24)8-13(9-19)17(20-15)26-2/h3-4,8,12H,5-7,10-11H2,1-2H3. The first-order valence-electron chi connectivity index (χ1n) is 8.32. The van der Waals surface area contributed by atoms with Gasteiger partial charge >= 0.3 is 0 Å². The largest absolute Gasteiger partial charge is 0.480 e. The fourth-order valence-corrected chi connectivity index (χ4v) is 3.24. The molecule has 0 bridgehead atoms. The second-order valence-corrected chi connectivity index (χ2v) is 6.27. The van der Waals surface area contributed by atoms with Crippen LogP contribution in [0.2, 0.25) is 0 Å². The molecule has 26 heavy (non-hydrogen) atoms. The van der Waals surface area contributed by atoms with E-state index in [1.807, 2.05) is 6.07 Å². The highest BCUT2D eigenvalue weighted by molar-refractivity contribution is 5.80. The molecule has 1 atom stereocenters. The molecule has 1 fully saturated rings.